The summed E-state index contributed by atoms with van der Waals surface area (Å²) in [7, 11) is 0. The second-order valence-corrected chi connectivity index (χ2v) is 3.57. The lowest BCUT2D eigenvalue weighted by Crippen LogP contribution is -2.26. The van der Waals surface area contributed by atoms with Gasteiger partial charge in [-0.25, -0.2) is 9.38 Å². The van der Waals surface area contributed by atoms with Crippen molar-refractivity contribution in [2.75, 3.05) is 0 Å². The molecule has 1 aromatic heterocycles. The molecule has 0 amide bonds. The Bertz CT molecular complexity index is 656. The monoisotopic (exact) mass is 250 g/mol. The van der Waals surface area contributed by atoms with Crippen LogP contribution in [-0.4, -0.2) is 17.1 Å². The molecule has 1 aromatic carbocycles. The molecule has 0 aliphatic rings. The molecular formula is C10H11FN6O. The van der Waals surface area contributed by atoms with E-state index in [0.29, 0.717) is 16.7 Å². The van der Waals surface area contributed by atoms with E-state index in [1.807, 2.05) is 0 Å². The minimum atomic E-state index is -0.604. The van der Waals surface area contributed by atoms with E-state index >= 15 is 0 Å². The molecule has 0 aliphatic heterocycles. The van der Waals surface area contributed by atoms with Crippen molar-refractivity contribution >= 4 is 28.6 Å². The van der Waals surface area contributed by atoms with Gasteiger partial charge in [-0.05, 0) is 13.0 Å². The maximum atomic E-state index is 13.7. The lowest BCUT2D eigenvalue weighted by atomic mass is 10.2. The molecule has 1 heterocycles. The number of aliphatic imine (C=N–C) groups is 2. The molecule has 8 heteroatoms. The van der Waals surface area contributed by atoms with E-state index in [2.05, 4.69) is 15.1 Å². The van der Waals surface area contributed by atoms with Crippen LogP contribution in [0.1, 0.15) is 5.69 Å². The molecule has 0 saturated carbocycles. The van der Waals surface area contributed by atoms with E-state index < -0.39 is 5.82 Å². The van der Waals surface area contributed by atoms with Crippen LogP contribution in [0.25, 0.3) is 11.0 Å². The van der Waals surface area contributed by atoms with Gasteiger partial charge in [-0.2, -0.15) is 4.99 Å². The second-order valence-electron chi connectivity index (χ2n) is 3.57. The number of aromatic nitrogens is 1. The van der Waals surface area contributed by atoms with E-state index in [4.69, 9.17) is 21.7 Å². The third kappa shape index (κ3) is 2.21. The number of guanidine groups is 2. The Morgan fingerprint density at radius 3 is 2.72 bits per heavy atom. The van der Waals surface area contributed by atoms with Crippen molar-refractivity contribution in [1.82, 2.24) is 5.16 Å². The van der Waals surface area contributed by atoms with E-state index in [9.17, 15) is 4.39 Å². The summed E-state index contributed by atoms with van der Waals surface area (Å²) in [5.74, 6) is -1.09. The highest BCUT2D eigenvalue weighted by Crippen LogP contribution is 2.27. The highest BCUT2D eigenvalue weighted by atomic mass is 19.1. The van der Waals surface area contributed by atoms with E-state index in [1.165, 1.54) is 12.1 Å². The van der Waals surface area contributed by atoms with E-state index in [1.54, 1.807) is 6.92 Å². The molecule has 94 valence electrons. The van der Waals surface area contributed by atoms with Gasteiger partial charge in [-0.3, -0.25) is 0 Å². The van der Waals surface area contributed by atoms with Gasteiger partial charge in [0.05, 0.1) is 5.69 Å². The number of hydrogen-bond acceptors (Lipinski definition) is 3. The van der Waals surface area contributed by atoms with Crippen LogP contribution in [0.15, 0.2) is 26.6 Å². The summed E-state index contributed by atoms with van der Waals surface area (Å²) >= 11 is 0. The van der Waals surface area contributed by atoms with Gasteiger partial charge in [0, 0.05) is 11.5 Å². The molecule has 0 spiro atoms. The van der Waals surface area contributed by atoms with Crippen molar-refractivity contribution in [1.29, 1.82) is 0 Å². The van der Waals surface area contributed by atoms with Crippen molar-refractivity contribution in [3.05, 3.63) is 23.6 Å². The molecule has 0 saturated heterocycles. The zero-order valence-corrected chi connectivity index (χ0v) is 9.51. The van der Waals surface area contributed by atoms with Crippen molar-refractivity contribution in [3.63, 3.8) is 0 Å². The molecule has 0 atom stereocenters. The molecule has 0 bridgehead atoms. The summed E-state index contributed by atoms with van der Waals surface area (Å²) in [6.07, 6.45) is 0. The predicted octanol–water partition coefficient (Wildman–Crippen LogP) is 0.495. The first-order valence-electron chi connectivity index (χ1n) is 4.96. The first-order chi connectivity index (χ1) is 8.47. The largest absolute Gasteiger partial charge is 0.370 e. The van der Waals surface area contributed by atoms with Crippen LogP contribution in [0.2, 0.25) is 0 Å². The SMILES string of the molecule is Cc1noc2cc(F)c(N=C(N)N=C(N)N)cc12. The molecule has 0 aliphatic carbocycles. The van der Waals surface area contributed by atoms with Crippen molar-refractivity contribution in [3.8, 4) is 0 Å². The maximum absolute atomic E-state index is 13.7. The third-order valence-corrected chi connectivity index (χ3v) is 2.20. The maximum Gasteiger partial charge on any atom is 0.223 e. The quantitative estimate of drug-likeness (QED) is 0.501. The zero-order valence-electron chi connectivity index (χ0n) is 9.51. The fourth-order valence-corrected chi connectivity index (χ4v) is 1.44. The Hall–Kier alpha value is -2.64. The lowest BCUT2D eigenvalue weighted by Gasteiger charge is -1.98. The van der Waals surface area contributed by atoms with Crippen molar-refractivity contribution in [2.45, 2.75) is 6.92 Å². The van der Waals surface area contributed by atoms with E-state index in [0.717, 1.165) is 0 Å². The Kier molecular flexibility index (Phi) is 2.84. The smallest absolute Gasteiger partial charge is 0.223 e. The highest BCUT2D eigenvalue weighted by Gasteiger charge is 2.10. The van der Waals surface area contributed by atoms with Crippen LogP contribution < -0.4 is 17.2 Å². The number of benzene rings is 1. The van der Waals surface area contributed by atoms with Crippen molar-refractivity contribution < 1.29 is 8.91 Å². The molecule has 18 heavy (non-hydrogen) atoms. The molecule has 2 aromatic rings. The third-order valence-electron chi connectivity index (χ3n) is 2.20. The van der Waals surface area contributed by atoms with Crippen LogP contribution >= 0.6 is 0 Å². The zero-order chi connectivity index (χ0) is 13.3. The summed E-state index contributed by atoms with van der Waals surface area (Å²) in [5.41, 5.74) is 16.7. The van der Waals surface area contributed by atoms with Gasteiger partial charge in [0.2, 0.25) is 5.96 Å². The average molecular weight is 250 g/mol. The first kappa shape index (κ1) is 11.8. The molecule has 0 unspecified atom stereocenters. The molecule has 7 nitrogen and oxygen atoms in total. The molecule has 6 N–H and O–H groups in total. The number of hydrogen-bond donors (Lipinski definition) is 3. The summed E-state index contributed by atoms with van der Waals surface area (Å²) in [6.45, 7) is 1.73. The molecule has 0 fully saturated rings. The minimum Gasteiger partial charge on any atom is -0.370 e. The Labute approximate surface area is 101 Å². The average Bonchev–Trinajstić information content (AvgIpc) is 2.60. The Morgan fingerprint density at radius 1 is 1.33 bits per heavy atom. The van der Waals surface area contributed by atoms with Crippen LogP contribution in [0.5, 0.6) is 0 Å². The number of rotatable bonds is 1. The van der Waals surface area contributed by atoms with E-state index in [-0.39, 0.29) is 17.6 Å². The topological polar surface area (TPSA) is 129 Å². The van der Waals surface area contributed by atoms with Crippen molar-refractivity contribution in [2.24, 2.45) is 27.2 Å². The van der Waals surface area contributed by atoms with Crippen LogP contribution in [-0.2, 0) is 0 Å². The van der Waals surface area contributed by atoms with Crippen LogP contribution in [0, 0.1) is 12.7 Å². The number of halogens is 1. The Balaban J connectivity index is 2.54. The summed E-state index contributed by atoms with van der Waals surface area (Å²) in [4.78, 5) is 7.27. The number of nitrogens with zero attached hydrogens (tertiary/aromatic N) is 3. The summed E-state index contributed by atoms with van der Waals surface area (Å²) in [6, 6.07) is 2.64. The first-order valence-corrected chi connectivity index (χ1v) is 4.96. The number of fused-ring (bicyclic) bond motifs is 1. The Morgan fingerprint density at radius 2 is 2.06 bits per heavy atom. The van der Waals surface area contributed by atoms with Crippen LogP contribution in [0.4, 0.5) is 10.1 Å². The normalized spacial score (nSPS) is 11.8. The van der Waals surface area contributed by atoms with Gasteiger partial charge in [-0.1, -0.05) is 5.16 Å². The molecule has 2 rings (SSSR count). The van der Waals surface area contributed by atoms with Gasteiger partial charge >= 0.3 is 0 Å². The van der Waals surface area contributed by atoms with Gasteiger partial charge in [0.15, 0.2) is 17.4 Å². The fraction of sp³-hybridized carbons (Fsp3) is 0.100. The van der Waals surface area contributed by atoms with Crippen LogP contribution in [0.3, 0.4) is 0 Å². The number of aryl methyl sites for hydroxylation is 1. The van der Waals surface area contributed by atoms with Gasteiger partial charge < -0.3 is 21.7 Å². The predicted molar refractivity (Wildman–Crippen MR) is 65.8 cm³/mol. The summed E-state index contributed by atoms with van der Waals surface area (Å²) < 4.78 is 18.6. The second kappa shape index (κ2) is 4.32. The highest BCUT2D eigenvalue weighted by molar-refractivity contribution is 5.94. The van der Waals surface area contributed by atoms with Gasteiger partial charge in [0.25, 0.3) is 0 Å². The summed E-state index contributed by atoms with van der Waals surface area (Å²) in [5, 5.41) is 4.36. The molecule has 0 radical (unpaired) electrons. The van der Waals surface area contributed by atoms with Gasteiger partial charge in [-0.15, -0.1) is 0 Å². The molecular weight excluding hydrogens is 239 g/mol. The fourth-order valence-electron chi connectivity index (χ4n) is 1.44. The standard InChI is InChI=1S/C10H11FN6O/c1-4-5-2-7(15-10(14)16-9(12)13)6(11)3-8(5)18-17-4/h2-3H,1H3,(H6,12,13,14,15,16). The lowest BCUT2D eigenvalue weighted by molar-refractivity contribution is 0.449. The minimum absolute atomic E-state index is 0.0105. The number of nitrogens with two attached hydrogens (primary N) is 3. The van der Waals surface area contributed by atoms with Gasteiger partial charge in [0.1, 0.15) is 5.69 Å².